The Labute approximate surface area is 177 Å². The molecule has 5 heteroatoms. The molecule has 3 aromatic carbocycles. The van der Waals surface area contributed by atoms with Crippen molar-refractivity contribution in [3.63, 3.8) is 0 Å². The first kappa shape index (κ1) is 21.1. The highest BCUT2D eigenvalue weighted by molar-refractivity contribution is 6.05. The molecule has 0 aromatic heterocycles. The molecular weight excluding hydrogens is 376 g/mol. The van der Waals surface area contributed by atoms with E-state index in [1.807, 2.05) is 57.2 Å². The van der Waals surface area contributed by atoms with E-state index >= 15 is 0 Å². The summed E-state index contributed by atoms with van der Waals surface area (Å²) in [5, 5.41) is 5.71. The van der Waals surface area contributed by atoms with Crippen molar-refractivity contribution in [3.8, 4) is 5.75 Å². The highest BCUT2D eigenvalue weighted by Crippen LogP contribution is 2.21. The molecule has 0 saturated carbocycles. The van der Waals surface area contributed by atoms with E-state index in [2.05, 4.69) is 10.6 Å². The molecule has 3 aromatic rings. The molecule has 1 atom stereocenters. The van der Waals surface area contributed by atoms with Gasteiger partial charge in [0, 0.05) is 16.9 Å². The van der Waals surface area contributed by atoms with Crippen molar-refractivity contribution in [2.45, 2.75) is 33.8 Å². The van der Waals surface area contributed by atoms with Crippen molar-refractivity contribution >= 4 is 23.2 Å². The van der Waals surface area contributed by atoms with Crippen LogP contribution in [0.15, 0.2) is 66.7 Å². The number of rotatable bonds is 6. The lowest BCUT2D eigenvalue weighted by Crippen LogP contribution is -2.30. The highest BCUT2D eigenvalue weighted by Gasteiger charge is 2.16. The smallest absolute Gasteiger partial charge is 0.265 e. The van der Waals surface area contributed by atoms with Crippen LogP contribution in [-0.4, -0.2) is 17.9 Å². The van der Waals surface area contributed by atoms with Crippen molar-refractivity contribution in [2.24, 2.45) is 0 Å². The fourth-order valence-electron chi connectivity index (χ4n) is 2.99. The van der Waals surface area contributed by atoms with Gasteiger partial charge in [-0.05, 0) is 80.8 Å². The number of anilines is 2. The Hall–Kier alpha value is -3.60. The van der Waals surface area contributed by atoms with E-state index in [-0.39, 0.29) is 11.8 Å². The number of ether oxygens (including phenoxy) is 1. The average molecular weight is 402 g/mol. The van der Waals surface area contributed by atoms with Gasteiger partial charge >= 0.3 is 0 Å². The summed E-state index contributed by atoms with van der Waals surface area (Å²) in [7, 11) is 0. The number of carbonyl (C=O) groups is 2. The summed E-state index contributed by atoms with van der Waals surface area (Å²) in [6.07, 6.45) is -0.647. The quantitative estimate of drug-likeness (QED) is 0.590. The summed E-state index contributed by atoms with van der Waals surface area (Å²) in [5.41, 5.74) is 4.88. The van der Waals surface area contributed by atoms with E-state index < -0.39 is 6.10 Å². The lowest BCUT2D eigenvalue weighted by atomic mass is 10.1. The van der Waals surface area contributed by atoms with Gasteiger partial charge in [0.2, 0.25) is 0 Å². The fraction of sp³-hybridized carbons (Fsp3) is 0.200. The maximum absolute atomic E-state index is 12.5. The Kier molecular flexibility index (Phi) is 6.52. The second-order valence-electron chi connectivity index (χ2n) is 7.36. The first-order valence-corrected chi connectivity index (χ1v) is 9.85. The predicted molar refractivity (Wildman–Crippen MR) is 120 cm³/mol. The molecule has 0 radical (unpaired) electrons. The number of aryl methyl sites for hydroxylation is 3. The van der Waals surface area contributed by atoms with Crippen LogP contribution in [0, 0.1) is 20.8 Å². The van der Waals surface area contributed by atoms with Crippen LogP contribution in [0.5, 0.6) is 5.75 Å². The van der Waals surface area contributed by atoms with Crippen LogP contribution in [-0.2, 0) is 4.79 Å². The minimum atomic E-state index is -0.647. The molecule has 30 heavy (non-hydrogen) atoms. The molecule has 0 fully saturated rings. The molecule has 2 N–H and O–H groups in total. The lowest BCUT2D eigenvalue weighted by Gasteiger charge is -2.17. The molecule has 0 saturated heterocycles. The van der Waals surface area contributed by atoms with E-state index in [0.717, 1.165) is 16.7 Å². The third kappa shape index (κ3) is 5.26. The van der Waals surface area contributed by atoms with Crippen molar-refractivity contribution in [3.05, 3.63) is 89.0 Å². The van der Waals surface area contributed by atoms with Crippen molar-refractivity contribution < 1.29 is 14.3 Å². The van der Waals surface area contributed by atoms with E-state index in [4.69, 9.17) is 4.74 Å². The van der Waals surface area contributed by atoms with E-state index in [0.29, 0.717) is 22.7 Å². The molecule has 0 aliphatic heterocycles. The largest absolute Gasteiger partial charge is 0.481 e. The molecule has 2 amide bonds. The number of benzene rings is 3. The van der Waals surface area contributed by atoms with Gasteiger partial charge in [-0.2, -0.15) is 0 Å². The van der Waals surface area contributed by atoms with Gasteiger partial charge in [0.25, 0.3) is 11.8 Å². The predicted octanol–water partition coefficient (Wildman–Crippen LogP) is 5.27. The van der Waals surface area contributed by atoms with Crippen molar-refractivity contribution in [1.82, 2.24) is 0 Å². The molecule has 0 heterocycles. The number of hydrogen-bond acceptors (Lipinski definition) is 3. The zero-order valence-corrected chi connectivity index (χ0v) is 17.7. The van der Waals surface area contributed by atoms with Gasteiger partial charge in [0.1, 0.15) is 5.75 Å². The van der Waals surface area contributed by atoms with Gasteiger partial charge in [-0.25, -0.2) is 0 Å². The summed E-state index contributed by atoms with van der Waals surface area (Å²) in [5.74, 6) is 0.292. The zero-order chi connectivity index (χ0) is 21.7. The molecule has 5 nitrogen and oxygen atoms in total. The Morgan fingerprint density at radius 2 is 1.43 bits per heavy atom. The first-order chi connectivity index (χ1) is 14.3. The Morgan fingerprint density at radius 1 is 0.800 bits per heavy atom. The highest BCUT2D eigenvalue weighted by atomic mass is 16.5. The van der Waals surface area contributed by atoms with Gasteiger partial charge in [-0.15, -0.1) is 0 Å². The van der Waals surface area contributed by atoms with Crippen LogP contribution in [0.2, 0.25) is 0 Å². The molecule has 1 unspecified atom stereocenters. The van der Waals surface area contributed by atoms with Gasteiger partial charge in [-0.3, -0.25) is 9.59 Å². The maximum Gasteiger partial charge on any atom is 0.265 e. The number of hydrogen-bond donors (Lipinski definition) is 2. The summed E-state index contributed by atoms with van der Waals surface area (Å²) in [4.78, 5) is 24.9. The number of amides is 2. The van der Waals surface area contributed by atoms with Crippen molar-refractivity contribution in [2.75, 3.05) is 10.6 Å². The Morgan fingerprint density at radius 3 is 2.10 bits per heavy atom. The minimum absolute atomic E-state index is 0.166. The van der Waals surface area contributed by atoms with Crippen LogP contribution in [0.4, 0.5) is 11.4 Å². The normalized spacial score (nSPS) is 11.5. The minimum Gasteiger partial charge on any atom is -0.481 e. The molecule has 154 valence electrons. The Bertz CT molecular complexity index is 1060. The molecular formula is C25H26N2O3. The third-order valence-corrected chi connectivity index (χ3v) is 4.82. The summed E-state index contributed by atoms with van der Waals surface area (Å²) in [6.45, 7) is 7.54. The van der Waals surface area contributed by atoms with Gasteiger partial charge in [0.15, 0.2) is 6.10 Å². The van der Waals surface area contributed by atoms with E-state index in [1.54, 1.807) is 37.3 Å². The standard InChI is InChI=1S/C25H26N2O3/c1-16-9-10-18(3)23(15-16)30-19(4)24(28)26-20-11-13-21(14-12-20)27-25(29)22-8-6-5-7-17(22)2/h5-15,19H,1-4H3,(H,26,28)(H,27,29). The second kappa shape index (κ2) is 9.27. The summed E-state index contributed by atoms with van der Waals surface area (Å²) in [6, 6.07) is 20.3. The summed E-state index contributed by atoms with van der Waals surface area (Å²) < 4.78 is 5.83. The molecule has 0 bridgehead atoms. The molecule has 3 rings (SSSR count). The van der Waals surface area contributed by atoms with Crippen LogP contribution >= 0.6 is 0 Å². The van der Waals surface area contributed by atoms with Gasteiger partial charge < -0.3 is 15.4 Å². The van der Waals surface area contributed by atoms with Gasteiger partial charge in [0.05, 0.1) is 0 Å². The van der Waals surface area contributed by atoms with Gasteiger partial charge in [-0.1, -0.05) is 30.3 Å². The zero-order valence-electron chi connectivity index (χ0n) is 17.7. The average Bonchev–Trinajstić information content (AvgIpc) is 2.72. The Balaban J connectivity index is 1.59. The lowest BCUT2D eigenvalue weighted by molar-refractivity contribution is -0.122. The maximum atomic E-state index is 12.5. The van der Waals surface area contributed by atoms with Crippen LogP contribution in [0.1, 0.15) is 34.0 Å². The molecule has 0 aliphatic carbocycles. The van der Waals surface area contributed by atoms with Crippen LogP contribution < -0.4 is 15.4 Å². The number of nitrogens with one attached hydrogen (secondary N) is 2. The summed E-state index contributed by atoms with van der Waals surface area (Å²) >= 11 is 0. The van der Waals surface area contributed by atoms with E-state index in [1.165, 1.54) is 0 Å². The third-order valence-electron chi connectivity index (χ3n) is 4.82. The second-order valence-corrected chi connectivity index (χ2v) is 7.36. The number of carbonyl (C=O) groups excluding carboxylic acids is 2. The SMILES string of the molecule is Cc1ccc(C)c(OC(C)C(=O)Nc2ccc(NC(=O)c3ccccc3C)cc2)c1. The molecule has 0 aliphatic rings. The molecule has 0 spiro atoms. The fourth-order valence-corrected chi connectivity index (χ4v) is 2.99. The topological polar surface area (TPSA) is 67.4 Å². The van der Waals surface area contributed by atoms with Crippen LogP contribution in [0.25, 0.3) is 0 Å². The monoisotopic (exact) mass is 402 g/mol. The van der Waals surface area contributed by atoms with Crippen LogP contribution in [0.3, 0.4) is 0 Å². The van der Waals surface area contributed by atoms with E-state index in [9.17, 15) is 9.59 Å². The van der Waals surface area contributed by atoms with Crippen molar-refractivity contribution in [1.29, 1.82) is 0 Å². The first-order valence-electron chi connectivity index (χ1n) is 9.85.